The molecule has 0 fully saturated rings. The van der Waals surface area contributed by atoms with E-state index in [2.05, 4.69) is 15.4 Å². The van der Waals surface area contributed by atoms with Gasteiger partial charge in [0, 0.05) is 26.1 Å². The molecular formula is C18H16F2N4O2. The van der Waals surface area contributed by atoms with Crippen LogP contribution in [0, 0.1) is 11.6 Å². The Morgan fingerprint density at radius 1 is 1.23 bits per heavy atom. The Morgan fingerprint density at radius 3 is 2.77 bits per heavy atom. The Bertz CT molecular complexity index is 899. The van der Waals surface area contributed by atoms with Crippen LogP contribution < -0.4 is 5.32 Å². The van der Waals surface area contributed by atoms with E-state index in [1.165, 1.54) is 24.3 Å². The monoisotopic (exact) mass is 358 g/mol. The van der Waals surface area contributed by atoms with Crippen molar-refractivity contribution in [1.29, 1.82) is 0 Å². The minimum atomic E-state index is -0.943. The van der Waals surface area contributed by atoms with Gasteiger partial charge in [0.2, 0.25) is 5.91 Å². The largest absolute Gasteiger partial charge is 0.307 e. The van der Waals surface area contributed by atoms with E-state index in [1.807, 2.05) is 0 Å². The summed E-state index contributed by atoms with van der Waals surface area (Å²) in [4.78, 5) is 28.1. The van der Waals surface area contributed by atoms with Gasteiger partial charge >= 0.3 is 0 Å². The Kier molecular flexibility index (Phi) is 5.01. The summed E-state index contributed by atoms with van der Waals surface area (Å²) in [6.07, 6.45) is 2.29. The second-order valence-corrected chi connectivity index (χ2v) is 5.85. The Balaban J connectivity index is 1.80. The zero-order valence-electron chi connectivity index (χ0n) is 14.0. The van der Waals surface area contributed by atoms with Crippen molar-refractivity contribution in [3.8, 4) is 0 Å². The number of carbonyl (C=O) groups is 2. The summed E-state index contributed by atoms with van der Waals surface area (Å²) in [7, 11) is 1.52. The number of nitrogens with zero attached hydrogens (tertiary/aromatic N) is 3. The molecule has 0 saturated heterocycles. The first-order valence-corrected chi connectivity index (χ1v) is 7.97. The van der Waals surface area contributed by atoms with E-state index in [1.54, 1.807) is 12.1 Å². The highest BCUT2D eigenvalue weighted by Gasteiger charge is 2.21. The topological polar surface area (TPSA) is 74.7 Å². The van der Waals surface area contributed by atoms with Crippen LogP contribution in [0.5, 0.6) is 0 Å². The lowest BCUT2D eigenvalue weighted by Gasteiger charge is -2.19. The fourth-order valence-electron chi connectivity index (χ4n) is 2.61. The van der Waals surface area contributed by atoms with Gasteiger partial charge in [0.15, 0.2) is 11.6 Å². The van der Waals surface area contributed by atoms with Crippen molar-refractivity contribution in [1.82, 2.24) is 15.3 Å². The van der Waals surface area contributed by atoms with E-state index in [0.717, 1.165) is 12.1 Å². The normalized spacial score (nSPS) is 14.2. The molecule has 2 amide bonds. The average Bonchev–Trinajstić information content (AvgIpc) is 2.62. The summed E-state index contributed by atoms with van der Waals surface area (Å²) in [6.45, 7) is 0. The quantitative estimate of drug-likeness (QED) is 0.914. The summed E-state index contributed by atoms with van der Waals surface area (Å²) in [5, 5.41) is 7.85. The van der Waals surface area contributed by atoms with Crippen LogP contribution in [0.15, 0.2) is 41.6 Å². The van der Waals surface area contributed by atoms with Crippen molar-refractivity contribution in [3.05, 3.63) is 65.0 Å². The van der Waals surface area contributed by atoms with Crippen molar-refractivity contribution >= 4 is 17.6 Å². The van der Waals surface area contributed by atoms with E-state index in [-0.39, 0.29) is 24.4 Å². The number of carbonyl (C=O) groups excluding carboxylic acids is 2. The number of hydrazone groups is 1. The van der Waals surface area contributed by atoms with Crippen LogP contribution in [0.1, 0.15) is 34.5 Å². The second-order valence-electron chi connectivity index (χ2n) is 5.85. The van der Waals surface area contributed by atoms with E-state index < -0.39 is 17.5 Å². The molecule has 1 N–H and O–H groups in total. The molecule has 0 saturated carbocycles. The number of hydrogen-bond donors (Lipinski definition) is 1. The van der Waals surface area contributed by atoms with Crippen molar-refractivity contribution < 1.29 is 18.4 Å². The molecule has 2 aromatic rings. The Labute approximate surface area is 148 Å². The molecule has 0 atom stereocenters. The van der Waals surface area contributed by atoms with Crippen molar-refractivity contribution in [3.63, 3.8) is 0 Å². The van der Waals surface area contributed by atoms with Gasteiger partial charge in [-0.3, -0.25) is 14.6 Å². The van der Waals surface area contributed by atoms with Gasteiger partial charge < -0.3 is 5.32 Å². The molecule has 8 heteroatoms. The molecule has 0 unspecified atom stereocenters. The average molecular weight is 358 g/mol. The Hall–Kier alpha value is -3.16. The third-order valence-corrected chi connectivity index (χ3v) is 3.95. The lowest BCUT2D eigenvalue weighted by Crippen LogP contribution is -2.38. The van der Waals surface area contributed by atoms with Crippen LogP contribution in [0.4, 0.5) is 8.78 Å². The van der Waals surface area contributed by atoms with E-state index >= 15 is 0 Å². The molecule has 1 aliphatic rings. The van der Waals surface area contributed by atoms with Crippen molar-refractivity contribution in [2.75, 3.05) is 7.05 Å². The fraction of sp³-hybridized carbons (Fsp3) is 0.222. The van der Waals surface area contributed by atoms with Gasteiger partial charge in [0.25, 0.3) is 5.91 Å². The first kappa shape index (κ1) is 17.7. The maximum absolute atomic E-state index is 13.4. The fourth-order valence-corrected chi connectivity index (χ4v) is 2.61. The first-order chi connectivity index (χ1) is 12.4. The summed E-state index contributed by atoms with van der Waals surface area (Å²) in [5.41, 5.74) is 1.25. The highest BCUT2D eigenvalue weighted by Crippen LogP contribution is 2.16. The summed E-state index contributed by atoms with van der Waals surface area (Å²) in [6, 6.07) is 6.96. The number of aromatic nitrogens is 1. The SMILES string of the molecule is CN1N=C(NC(=O)c2ncccc2Cc2ccc(F)c(F)c2)CCC1=O. The molecule has 0 aliphatic carbocycles. The number of amides is 2. The number of benzene rings is 1. The molecule has 134 valence electrons. The lowest BCUT2D eigenvalue weighted by atomic mass is 10.0. The van der Waals surface area contributed by atoms with Gasteiger partial charge in [-0.1, -0.05) is 12.1 Å². The van der Waals surface area contributed by atoms with E-state index in [9.17, 15) is 18.4 Å². The maximum atomic E-state index is 13.4. The van der Waals surface area contributed by atoms with Gasteiger partial charge in [-0.2, -0.15) is 5.10 Å². The number of nitrogens with one attached hydrogen (secondary N) is 1. The maximum Gasteiger partial charge on any atom is 0.275 e. The highest BCUT2D eigenvalue weighted by atomic mass is 19.2. The van der Waals surface area contributed by atoms with Crippen LogP contribution in [-0.2, 0) is 11.2 Å². The smallest absolute Gasteiger partial charge is 0.275 e. The molecule has 0 spiro atoms. The number of rotatable bonds is 3. The molecule has 6 nitrogen and oxygen atoms in total. The van der Waals surface area contributed by atoms with Crippen LogP contribution in [0.3, 0.4) is 0 Å². The van der Waals surface area contributed by atoms with Gasteiger partial charge in [-0.15, -0.1) is 0 Å². The Morgan fingerprint density at radius 2 is 2.04 bits per heavy atom. The number of halogens is 2. The second kappa shape index (κ2) is 7.38. The molecule has 2 heterocycles. The molecule has 1 aliphatic heterocycles. The van der Waals surface area contributed by atoms with Crippen molar-refractivity contribution in [2.45, 2.75) is 19.3 Å². The zero-order chi connectivity index (χ0) is 18.7. The summed E-state index contributed by atoms with van der Waals surface area (Å²) in [5.74, 6) is -2.08. The zero-order valence-corrected chi connectivity index (χ0v) is 14.0. The molecule has 26 heavy (non-hydrogen) atoms. The minimum absolute atomic E-state index is 0.125. The van der Waals surface area contributed by atoms with E-state index in [0.29, 0.717) is 23.4 Å². The minimum Gasteiger partial charge on any atom is -0.307 e. The van der Waals surface area contributed by atoms with Crippen LogP contribution in [0.25, 0.3) is 0 Å². The van der Waals surface area contributed by atoms with Crippen LogP contribution in [0.2, 0.25) is 0 Å². The molecule has 1 aromatic carbocycles. The first-order valence-electron chi connectivity index (χ1n) is 7.97. The molecule has 1 aromatic heterocycles. The predicted molar refractivity (Wildman–Crippen MR) is 90.3 cm³/mol. The number of pyridine rings is 1. The van der Waals surface area contributed by atoms with E-state index in [4.69, 9.17) is 0 Å². The molecular weight excluding hydrogens is 342 g/mol. The molecule has 0 radical (unpaired) electrons. The van der Waals surface area contributed by atoms with Crippen LogP contribution >= 0.6 is 0 Å². The van der Waals surface area contributed by atoms with Crippen molar-refractivity contribution in [2.24, 2.45) is 5.10 Å². The standard InChI is InChI=1S/C18H16F2N4O2/c1-24-16(25)7-6-15(23-24)22-18(26)17-12(3-2-8-21-17)9-11-4-5-13(19)14(20)10-11/h2-5,8,10H,6-7,9H2,1H3,(H,22,23,26). The molecule has 3 rings (SSSR count). The summed E-state index contributed by atoms with van der Waals surface area (Å²) >= 11 is 0. The summed E-state index contributed by atoms with van der Waals surface area (Å²) < 4.78 is 26.5. The number of amidine groups is 1. The highest BCUT2D eigenvalue weighted by molar-refractivity contribution is 6.07. The third kappa shape index (κ3) is 3.90. The third-order valence-electron chi connectivity index (χ3n) is 3.95. The lowest BCUT2D eigenvalue weighted by molar-refractivity contribution is -0.130. The predicted octanol–water partition coefficient (Wildman–Crippen LogP) is 2.25. The molecule has 0 bridgehead atoms. The van der Waals surface area contributed by atoms with Gasteiger partial charge in [0.05, 0.1) is 0 Å². The number of hydrogen-bond acceptors (Lipinski definition) is 4. The van der Waals surface area contributed by atoms with Gasteiger partial charge in [-0.25, -0.2) is 13.8 Å². The van der Waals surface area contributed by atoms with Gasteiger partial charge in [0.1, 0.15) is 11.5 Å². The van der Waals surface area contributed by atoms with Crippen LogP contribution in [-0.4, -0.2) is 34.7 Å². The van der Waals surface area contributed by atoms with Gasteiger partial charge in [-0.05, 0) is 35.7 Å².